The van der Waals surface area contributed by atoms with Crippen LogP contribution < -0.4 is 0 Å². The van der Waals surface area contributed by atoms with Crippen LogP contribution in [0.1, 0.15) is 6.42 Å². The van der Waals surface area contributed by atoms with E-state index in [9.17, 15) is 16.8 Å². The Morgan fingerprint density at radius 3 is 2.15 bits per heavy atom. The van der Waals surface area contributed by atoms with Crippen LogP contribution in [0.15, 0.2) is 34.1 Å². The zero-order chi connectivity index (χ0) is 15.0. The molecule has 112 valence electrons. The van der Waals surface area contributed by atoms with E-state index in [1.54, 1.807) is 0 Å². The van der Waals surface area contributed by atoms with Crippen LogP contribution in [0.25, 0.3) is 0 Å². The number of nitrogens with zero attached hydrogens (tertiary/aromatic N) is 1. The van der Waals surface area contributed by atoms with Gasteiger partial charge in [0, 0.05) is 24.3 Å². The third-order valence-corrected chi connectivity index (χ3v) is 6.50. The summed E-state index contributed by atoms with van der Waals surface area (Å²) in [5, 5.41) is 0. The highest BCUT2D eigenvalue weighted by Gasteiger charge is 2.30. The summed E-state index contributed by atoms with van der Waals surface area (Å²) in [5.41, 5.74) is 0. The second-order valence-electron chi connectivity index (χ2n) is 4.45. The van der Waals surface area contributed by atoms with Crippen molar-refractivity contribution in [2.24, 2.45) is 0 Å². The zero-order valence-electron chi connectivity index (χ0n) is 10.7. The Labute approximate surface area is 122 Å². The molecular formula is C11H14ClNO5S2. The number of benzene rings is 1. The van der Waals surface area contributed by atoms with E-state index in [-0.39, 0.29) is 15.8 Å². The summed E-state index contributed by atoms with van der Waals surface area (Å²) in [5.74, 6) is 0. The molecule has 0 bridgehead atoms. The molecule has 1 saturated heterocycles. The second-order valence-corrected chi connectivity index (χ2v) is 9.01. The summed E-state index contributed by atoms with van der Waals surface area (Å²) in [6.07, 6.45) is 0.643. The Morgan fingerprint density at radius 1 is 1.15 bits per heavy atom. The van der Waals surface area contributed by atoms with Gasteiger partial charge in [-0.15, -0.1) is 0 Å². The third kappa shape index (κ3) is 3.15. The molecule has 1 aliphatic heterocycles. The molecule has 9 heteroatoms. The molecule has 1 fully saturated rings. The first-order valence-electron chi connectivity index (χ1n) is 5.83. The molecule has 20 heavy (non-hydrogen) atoms. The fraction of sp³-hybridized carbons (Fsp3) is 0.455. The number of hydrogen-bond donors (Lipinski definition) is 0. The lowest BCUT2D eigenvalue weighted by Gasteiger charge is -2.22. The Hall–Kier alpha value is -0.670. The van der Waals surface area contributed by atoms with Crippen LogP contribution in [0.5, 0.6) is 0 Å². The second kappa shape index (κ2) is 5.61. The lowest BCUT2D eigenvalue weighted by atomic mass is 10.3. The first-order chi connectivity index (χ1) is 9.23. The molecule has 6 nitrogen and oxygen atoms in total. The van der Waals surface area contributed by atoms with Gasteiger partial charge in [0.1, 0.15) is 0 Å². The SMILES string of the molecule is CN(C1CCOC1)S(=O)(=O)c1ccc(S(=O)(=O)Cl)cc1. The van der Waals surface area contributed by atoms with Gasteiger partial charge in [0.25, 0.3) is 9.05 Å². The minimum atomic E-state index is -3.86. The first kappa shape index (κ1) is 15.7. The summed E-state index contributed by atoms with van der Waals surface area (Å²) in [4.78, 5) is -0.110. The molecule has 0 N–H and O–H groups in total. The van der Waals surface area contributed by atoms with E-state index in [0.717, 1.165) is 0 Å². The van der Waals surface area contributed by atoms with Gasteiger partial charge >= 0.3 is 0 Å². The Morgan fingerprint density at radius 2 is 1.70 bits per heavy atom. The topological polar surface area (TPSA) is 80.8 Å². The van der Waals surface area contributed by atoms with Gasteiger partial charge in [-0.3, -0.25) is 0 Å². The quantitative estimate of drug-likeness (QED) is 0.765. The number of rotatable bonds is 4. The van der Waals surface area contributed by atoms with Gasteiger partial charge in [-0.25, -0.2) is 16.8 Å². The molecular weight excluding hydrogens is 326 g/mol. The predicted molar refractivity (Wildman–Crippen MR) is 73.7 cm³/mol. The van der Waals surface area contributed by atoms with Crippen molar-refractivity contribution in [3.63, 3.8) is 0 Å². The van der Waals surface area contributed by atoms with E-state index in [1.165, 1.54) is 35.6 Å². The molecule has 0 aromatic heterocycles. The van der Waals surface area contributed by atoms with Crippen molar-refractivity contribution in [3.8, 4) is 0 Å². The highest BCUT2D eigenvalue weighted by molar-refractivity contribution is 8.13. The van der Waals surface area contributed by atoms with E-state index in [1.807, 2.05) is 0 Å². The Bertz CT molecular complexity index is 678. The maximum atomic E-state index is 12.4. The van der Waals surface area contributed by atoms with Gasteiger partial charge < -0.3 is 4.74 Å². The summed E-state index contributed by atoms with van der Waals surface area (Å²) < 4.78 is 53.4. The minimum Gasteiger partial charge on any atom is -0.380 e. The molecule has 1 heterocycles. The van der Waals surface area contributed by atoms with E-state index in [0.29, 0.717) is 19.6 Å². The lowest BCUT2D eigenvalue weighted by molar-refractivity contribution is 0.181. The molecule has 1 aromatic rings. The summed E-state index contributed by atoms with van der Waals surface area (Å²) >= 11 is 0. The fourth-order valence-corrected chi connectivity index (χ4v) is 4.09. The Kier molecular flexibility index (Phi) is 4.41. The van der Waals surface area contributed by atoms with Crippen LogP contribution in [-0.4, -0.2) is 47.4 Å². The summed E-state index contributed by atoms with van der Waals surface area (Å²) in [6.45, 7) is 0.901. The molecule has 1 aliphatic rings. The van der Waals surface area contributed by atoms with E-state index >= 15 is 0 Å². The predicted octanol–water partition coefficient (Wildman–Crippen LogP) is 1.02. The number of hydrogen-bond acceptors (Lipinski definition) is 5. The van der Waals surface area contributed by atoms with Crippen LogP contribution >= 0.6 is 10.7 Å². The monoisotopic (exact) mass is 339 g/mol. The average molecular weight is 340 g/mol. The van der Waals surface area contributed by atoms with Crippen molar-refractivity contribution in [3.05, 3.63) is 24.3 Å². The van der Waals surface area contributed by atoms with Crippen molar-refractivity contribution < 1.29 is 21.6 Å². The van der Waals surface area contributed by atoms with E-state index in [2.05, 4.69) is 0 Å². The maximum Gasteiger partial charge on any atom is 0.261 e. The number of halogens is 1. The molecule has 0 radical (unpaired) electrons. The molecule has 0 saturated carbocycles. The van der Waals surface area contributed by atoms with Gasteiger partial charge in [0.05, 0.1) is 22.4 Å². The van der Waals surface area contributed by atoms with Crippen LogP contribution in [-0.2, 0) is 23.8 Å². The van der Waals surface area contributed by atoms with Gasteiger partial charge in [0.2, 0.25) is 10.0 Å². The van der Waals surface area contributed by atoms with Crippen LogP contribution in [0.3, 0.4) is 0 Å². The zero-order valence-corrected chi connectivity index (χ0v) is 13.1. The van der Waals surface area contributed by atoms with Gasteiger partial charge in [-0.1, -0.05) is 0 Å². The van der Waals surface area contributed by atoms with Crippen molar-refractivity contribution in [2.45, 2.75) is 22.3 Å². The van der Waals surface area contributed by atoms with E-state index in [4.69, 9.17) is 15.4 Å². The van der Waals surface area contributed by atoms with Crippen molar-refractivity contribution in [2.75, 3.05) is 20.3 Å². The van der Waals surface area contributed by atoms with Gasteiger partial charge in [-0.2, -0.15) is 4.31 Å². The molecule has 1 unspecified atom stereocenters. The largest absolute Gasteiger partial charge is 0.380 e. The Balaban J connectivity index is 2.30. The van der Waals surface area contributed by atoms with Gasteiger partial charge in [-0.05, 0) is 30.7 Å². The molecule has 0 spiro atoms. The number of ether oxygens (including phenoxy) is 1. The first-order valence-corrected chi connectivity index (χ1v) is 9.58. The lowest BCUT2D eigenvalue weighted by Crippen LogP contribution is -2.37. The maximum absolute atomic E-state index is 12.4. The normalized spacial score (nSPS) is 20.4. The van der Waals surface area contributed by atoms with Crippen molar-refractivity contribution in [1.82, 2.24) is 4.31 Å². The van der Waals surface area contributed by atoms with Crippen LogP contribution in [0.2, 0.25) is 0 Å². The minimum absolute atomic E-state index is 0.0240. The summed E-state index contributed by atoms with van der Waals surface area (Å²) in [7, 11) is -0.852. The average Bonchev–Trinajstić information content (AvgIpc) is 2.90. The number of likely N-dealkylation sites (N-methyl/N-ethyl adjacent to an activating group) is 1. The van der Waals surface area contributed by atoms with Crippen molar-refractivity contribution >= 4 is 29.8 Å². The highest BCUT2D eigenvalue weighted by Crippen LogP contribution is 2.23. The standard InChI is InChI=1S/C11H14ClNO5S2/c1-13(9-6-7-18-8-9)20(16,17)11-4-2-10(3-5-11)19(12,14)15/h2-5,9H,6-8H2,1H3. The smallest absolute Gasteiger partial charge is 0.261 e. The molecule has 0 amide bonds. The highest BCUT2D eigenvalue weighted by atomic mass is 35.7. The summed E-state index contributed by atoms with van der Waals surface area (Å²) in [6, 6.07) is 4.62. The fourth-order valence-electron chi connectivity index (χ4n) is 1.95. The van der Waals surface area contributed by atoms with E-state index < -0.39 is 19.1 Å². The molecule has 2 rings (SSSR count). The van der Waals surface area contributed by atoms with Crippen LogP contribution in [0.4, 0.5) is 0 Å². The van der Waals surface area contributed by atoms with Crippen LogP contribution in [0, 0.1) is 0 Å². The number of sulfonamides is 1. The van der Waals surface area contributed by atoms with Gasteiger partial charge in [0.15, 0.2) is 0 Å². The third-order valence-electron chi connectivity index (χ3n) is 3.20. The van der Waals surface area contributed by atoms with Crippen molar-refractivity contribution in [1.29, 1.82) is 0 Å². The molecule has 1 aromatic carbocycles. The molecule has 0 aliphatic carbocycles. The molecule has 1 atom stereocenters.